The molecule has 0 saturated carbocycles. The maximum atomic E-state index is 12.1. The zero-order valence-corrected chi connectivity index (χ0v) is 15.5. The standard InChI is InChI=1S/C18H18ClN3O2S/c1-3-22(4-2)16-9-8-14(24-16)11-15-17(23)21-18(25-15)20-13-7-5-6-12(19)10-13/h5-11H,3-4H2,1-2H3,(H,20,21,23)/b15-11-. The molecule has 0 spiro atoms. The molecular formula is C18H18ClN3O2S. The van der Waals surface area contributed by atoms with E-state index in [1.165, 1.54) is 11.8 Å². The van der Waals surface area contributed by atoms with Crippen molar-refractivity contribution >= 4 is 52.1 Å². The van der Waals surface area contributed by atoms with Crippen LogP contribution in [0.2, 0.25) is 5.02 Å². The van der Waals surface area contributed by atoms with Crippen LogP contribution in [0, 0.1) is 0 Å². The van der Waals surface area contributed by atoms with E-state index < -0.39 is 0 Å². The first-order valence-corrected chi connectivity index (χ1v) is 9.18. The second-order valence-corrected chi connectivity index (χ2v) is 6.78. The first-order valence-electron chi connectivity index (χ1n) is 7.99. The van der Waals surface area contributed by atoms with Gasteiger partial charge in [0.15, 0.2) is 11.1 Å². The molecule has 7 heteroatoms. The van der Waals surface area contributed by atoms with Crippen molar-refractivity contribution in [3.63, 3.8) is 0 Å². The Hall–Kier alpha value is -2.18. The number of aliphatic imine (C=N–C) groups is 1. The van der Waals surface area contributed by atoms with Crippen molar-refractivity contribution in [2.75, 3.05) is 18.0 Å². The van der Waals surface area contributed by atoms with Gasteiger partial charge >= 0.3 is 0 Å². The lowest BCUT2D eigenvalue weighted by molar-refractivity contribution is -0.115. The molecule has 1 saturated heterocycles. The molecule has 1 aromatic heterocycles. The molecule has 0 unspecified atom stereocenters. The van der Waals surface area contributed by atoms with E-state index in [2.05, 4.69) is 29.1 Å². The first kappa shape index (κ1) is 17.6. The number of rotatable bonds is 5. The molecule has 1 amide bonds. The Morgan fingerprint density at radius 1 is 1.28 bits per heavy atom. The molecule has 2 aromatic rings. The van der Waals surface area contributed by atoms with Crippen molar-refractivity contribution in [1.29, 1.82) is 0 Å². The summed E-state index contributed by atoms with van der Waals surface area (Å²) in [5, 5.41) is 3.88. The summed E-state index contributed by atoms with van der Waals surface area (Å²) in [6.45, 7) is 5.88. The summed E-state index contributed by atoms with van der Waals surface area (Å²) in [6.07, 6.45) is 1.73. The third-order valence-electron chi connectivity index (χ3n) is 3.65. The topological polar surface area (TPSA) is 57.8 Å². The number of hydrogen-bond acceptors (Lipinski definition) is 5. The first-order chi connectivity index (χ1) is 12.1. The predicted octanol–water partition coefficient (Wildman–Crippen LogP) is 4.67. The summed E-state index contributed by atoms with van der Waals surface area (Å²) in [4.78, 5) is 19.2. The highest BCUT2D eigenvalue weighted by molar-refractivity contribution is 8.18. The van der Waals surface area contributed by atoms with Gasteiger partial charge in [-0.05, 0) is 49.9 Å². The van der Waals surface area contributed by atoms with Gasteiger partial charge in [-0.15, -0.1) is 0 Å². The van der Waals surface area contributed by atoms with Crippen LogP contribution in [0.15, 0.2) is 50.7 Å². The van der Waals surface area contributed by atoms with Gasteiger partial charge in [-0.25, -0.2) is 4.99 Å². The average Bonchev–Trinajstić information content (AvgIpc) is 3.16. The molecule has 25 heavy (non-hydrogen) atoms. The summed E-state index contributed by atoms with van der Waals surface area (Å²) in [5.74, 6) is 1.25. The van der Waals surface area contributed by atoms with Gasteiger partial charge in [-0.1, -0.05) is 17.7 Å². The second kappa shape index (κ2) is 7.80. The van der Waals surface area contributed by atoms with Gasteiger partial charge < -0.3 is 14.6 Å². The van der Waals surface area contributed by atoms with Gasteiger partial charge in [-0.2, -0.15) is 0 Å². The minimum Gasteiger partial charge on any atom is -0.441 e. The number of benzene rings is 1. The lowest BCUT2D eigenvalue weighted by Gasteiger charge is -2.16. The van der Waals surface area contributed by atoms with E-state index in [9.17, 15) is 4.79 Å². The van der Waals surface area contributed by atoms with Crippen molar-refractivity contribution in [3.8, 4) is 0 Å². The number of amides is 1. The number of furan rings is 1. The van der Waals surface area contributed by atoms with Gasteiger partial charge in [0.25, 0.3) is 5.91 Å². The normalized spacial score (nSPS) is 17.3. The van der Waals surface area contributed by atoms with Crippen LogP contribution in [0.1, 0.15) is 19.6 Å². The molecule has 0 radical (unpaired) electrons. The van der Waals surface area contributed by atoms with Crippen molar-refractivity contribution in [1.82, 2.24) is 5.32 Å². The lowest BCUT2D eigenvalue weighted by atomic mass is 10.3. The molecule has 3 rings (SSSR count). The van der Waals surface area contributed by atoms with Crippen LogP contribution in [-0.2, 0) is 4.79 Å². The minimum absolute atomic E-state index is 0.188. The molecule has 1 N–H and O–H groups in total. The number of halogens is 1. The molecule has 1 aliphatic rings. The lowest BCUT2D eigenvalue weighted by Crippen LogP contribution is -2.20. The number of carbonyl (C=O) groups is 1. The van der Waals surface area contributed by atoms with E-state index in [0.717, 1.165) is 19.0 Å². The summed E-state index contributed by atoms with van der Waals surface area (Å²) in [6, 6.07) is 10.9. The zero-order chi connectivity index (χ0) is 17.8. The average molecular weight is 376 g/mol. The highest BCUT2D eigenvalue weighted by Crippen LogP contribution is 2.30. The Balaban J connectivity index is 1.77. The Bertz CT molecular complexity index is 840. The Labute approximate surface area is 155 Å². The highest BCUT2D eigenvalue weighted by atomic mass is 35.5. The number of hydrogen-bond donors (Lipinski definition) is 1. The third-order valence-corrected chi connectivity index (χ3v) is 4.80. The second-order valence-electron chi connectivity index (χ2n) is 5.31. The fourth-order valence-electron chi connectivity index (χ4n) is 2.40. The molecule has 1 aromatic carbocycles. The molecule has 1 fully saturated rings. The predicted molar refractivity (Wildman–Crippen MR) is 105 cm³/mol. The fraction of sp³-hybridized carbons (Fsp3) is 0.222. The number of anilines is 1. The molecule has 5 nitrogen and oxygen atoms in total. The molecule has 0 aliphatic carbocycles. The summed E-state index contributed by atoms with van der Waals surface area (Å²) in [7, 11) is 0. The Morgan fingerprint density at radius 2 is 2.08 bits per heavy atom. The van der Waals surface area contributed by atoms with Crippen molar-refractivity contribution in [3.05, 3.63) is 52.1 Å². The number of nitrogens with one attached hydrogen (secondary N) is 1. The van der Waals surface area contributed by atoms with E-state index >= 15 is 0 Å². The third kappa shape index (κ3) is 4.27. The maximum Gasteiger partial charge on any atom is 0.264 e. The van der Waals surface area contributed by atoms with Gasteiger partial charge in [-0.3, -0.25) is 4.79 Å². The molecule has 0 bridgehead atoms. The van der Waals surface area contributed by atoms with E-state index in [-0.39, 0.29) is 5.91 Å². The van der Waals surface area contributed by atoms with Crippen LogP contribution in [0.3, 0.4) is 0 Å². The minimum atomic E-state index is -0.188. The smallest absolute Gasteiger partial charge is 0.264 e. The van der Waals surface area contributed by atoms with Crippen molar-refractivity contribution < 1.29 is 9.21 Å². The van der Waals surface area contributed by atoms with Crippen LogP contribution in [0.4, 0.5) is 11.6 Å². The van der Waals surface area contributed by atoms with E-state index in [0.29, 0.717) is 26.5 Å². The van der Waals surface area contributed by atoms with Crippen LogP contribution in [-0.4, -0.2) is 24.2 Å². The highest BCUT2D eigenvalue weighted by Gasteiger charge is 2.24. The molecule has 1 aliphatic heterocycles. The summed E-state index contributed by atoms with van der Waals surface area (Å²) in [5.41, 5.74) is 0.693. The molecule has 130 valence electrons. The Morgan fingerprint density at radius 3 is 2.80 bits per heavy atom. The largest absolute Gasteiger partial charge is 0.441 e. The van der Waals surface area contributed by atoms with Gasteiger partial charge in [0.2, 0.25) is 0 Å². The van der Waals surface area contributed by atoms with Crippen LogP contribution in [0.25, 0.3) is 6.08 Å². The van der Waals surface area contributed by atoms with Crippen molar-refractivity contribution in [2.45, 2.75) is 13.8 Å². The number of carbonyl (C=O) groups excluding carboxylic acids is 1. The molecule has 2 heterocycles. The van der Waals surface area contributed by atoms with Gasteiger partial charge in [0.05, 0.1) is 10.6 Å². The monoisotopic (exact) mass is 375 g/mol. The van der Waals surface area contributed by atoms with Gasteiger partial charge in [0, 0.05) is 30.3 Å². The number of thioether (sulfide) groups is 1. The summed E-state index contributed by atoms with van der Waals surface area (Å²) < 4.78 is 5.81. The van der Waals surface area contributed by atoms with E-state index in [4.69, 9.17) is 16.0 Å². The van der Waals surface area contributed by atoms with E-state index in [1.54, 1.807) is 18.2 Å². The SMILES string of the molecule is CCN(CC)c1ccc(/C=C2\SC(=Nc3cccc(Cl)c3)NC2=O)o1. The zero-order valence-electron chi connectivity index (χ0n) is 14.0. The van der Waals surface area contributed by atoms with Crippen LogP contribution < -0.4 is 10.2 Å². The fourth-order valence-corrected chi connectivity index (χ4v) is 3.40. The van der Waals surface area contributed by atoms with Crippen LogP contribution in [0.5, 0.6) is 0 Å². The van der Waals surface area contributed by atoms with Crippen LogP contribution >= 0.6 is 23.4 Å². The van der Waals surface area contributed by atoms with E-state index in [1.807, 2.05) is 24.3 Å². The van der Waals surface area contributed by atoms with Crippen molar-refractivity contribution in [2.24, 2.45) is 4.99 Å². The molecule has 0 atom stereocenters. The summed E-state index contributed by atoms with van der Waals surface area (Å²) >= 11 is 7.23. The number of nitrogens with zero attached hydrogens (tertiary/aromatic N) is 2. The molecular weight excluding hydrogens is 358 g/mol. The Kier molecular flexibility index (Phi) is 5.50. The quantitative estimate of drug-likeness (QED) is 0.771. The van der Waals surface area contributed by atoms with Gasteiger partial charge in [0.1, 0.15) is 5.76 Å². The number of amidine groups is 1. The maximum absolute atomic E-state index is 12.1.